The van der Waals surface area contributed by atoms with Gasteiger partial charge in [-0.25, -0.2) is 10.0 Å². The van der Waals surface area contributed by atoms with Crippen LogP contribution in [-0.2, 0) is 28.7 Å². The van der Waals surface area contributed by atoms with Gasteiger partial charge in [0.1, 0.15) is 11.7 Å². The second-order valence-electron chi connectivity index (χ2n) is 14.3. The lowest BCUT2D eigenvalue weighted by atomic mass is 9.45. The van der Waals surface area contributed by atoms with E-state index in [9.17, 15) is 49.6 Å². The Balaban J connectivity index is 1.16. The number of nitrogens with one attached hydrogen (secondary N) is 2. The molecule has 10 atom stereocenters. The summed E-state index contributed by atoms with van der Waals surface area (Å²) in [4.78, 5) is 62.4. The molecule has 1 amide bonds. The Morgan fingerprint density at radius 1 is 1.12 bits per heavy atom. The van der Waals surface area contributed by atoms with Gasteiger partial charge in [0.2, 0.25) is 11.7 Å². The number of esters is 1. The number of carboxylic acid groups (broad SMARTS) is 1. The molecule has 0 aromatic heterocycles. The van der Waals surface area contributed by atoms with Crippen LogP contribution in [0.5, 0.6) is 0 Å². The van der Waals surface area contributed by atoms with Crippen molar-refractivity contribution in [3.05, 3.63) is 46.7 Å². The van der Waals surface area contributed by atoms with Crippen LogP contribution in [0.25, 0.3) is 0 Å². The minimum atomic E-state index is -1.84. The zero-order valence-corrected chi connectivity index (χ0v) is 27.0. The predicted molar refractivity (Wildman–Crippen MR) is 165 cm³/mol. The molecular formula is C34H44N2O12. The molecule has 48 heavy (non-hydrogen) atoms. The van der Waals surface area contributed by atoms with Gasteiger partial charge in [0.05, 0.1) is 12.5 Å². The fourth-order valence-electron chi connectivity index (χ4n) is 9.27. The van der Waals surface area contributed by atoms with Crippen LogP contribution in [0.2, 0.25) is 0 Å². The highest BCUT2D eigenvalue weighted by Crippen LogP contribution is 2.67. The van der Waals surface area contributed by atoms with Crippen molar-refractivity contribution < 1.29 is 59.6 Å². The molecule has 3 saturated carbocycles. The molecule has 0 heterocycles. The normalized spacial score (nSPS) is 34.4. The fourth-order valence-corrected chi connectivity index (χ4v) is 9.27. The monoisotopic (exact) mass is 672 g/mol. The second kappa shape index (κ2) is 13.4. The third-order valence-electron chi connectivity index (χ3n) is 11.8. The number of quaternary nitrogens is 1. The average molecular weight is 673 g/mol. The van der Waals surface area contributed by atoms with Crippen LogP contribution in [0, 0.1) is 33.8 Å². The maximum atomic E-state index is 13.5. The summed E-state index contributed by atoms with van der Waals surface area (Å²) in [5.41, 5.74) is -2.29. The van der Waals surface area contributed by atoms with E-state index in [1.807, 2.05) is 6.92 Å². The van der Waals surface area contributed by atoms with Crippen molar-refractivity contribution in [3.63, 3.8) is 0 Å². The highest BCUT2D eigenvalue weighted by atomic mass is 16.8. The lowest BCUT2D eigenvalue weighted by Gasteiger charge is -2.60. The number of aliphatic hydroxyl groups excluding tert-OH is 2. The number of carboxylic acids is 1. The average Bonchev–Trinajstić information content (AvgIpc) is 3.31. The summed E-state index contributed by atoms with van der Waals surface area (Å²) >= 11 is 0. The summed E-state index contributed by atoms with van der Waals surface area (Å²) in [6.07, 6.45) is 1.55. The number of hydrogen-bond donors (Lipinski definition) is 7. The molecule has 0 saturated heterocycles. The van der Waals surface area contributed by atoms with E-state index in [0.717, 1.165) is 24.5 Å². The number of ether oxygens (including phenoxy) is 1. The van der Waals surface area contributed by atoms with Crippen LogP contribution in [0.15, 0.2) is 35.9 Å². The number of allylic oxidation sites excluding steroid dienone is 1. The third-order valence-corrected chi connectivity index (χ3v) is 11.8. The molecule has 4 aliphatic rings. The first kappa shape index (κ1) is 35.8. The number of aliphatic carboxylic acids is 1. The van der Waals surface area contributed by atoms with Gasteiger partial charge in [0.25, 0.3) is 0 Å². The maximum absolute atomic E-state index is 13.5. The van der Waals surface area contributed by atoms with Gasteiger partial charge in [0, 0.05) is 30.4 Å². The molecule has 0 aliphatic heterocycles. The predicted octanol–water partition coefficient (Wildman–Crippen LogP) is 0.819. The van der Waals surface area contributed by atoms with Crippen LogP contribution < -0.4 is 10.5 Å². The van der Waals surface area contributed by atoms with E-state index in [2.05, 4.69) is 12.2 Å². The lowest BCUT2D eigenvalue weighted by molar-refractivity contribution is -0.991. The summed E-state index contributed by atoms with van der Waals surface area (Å²) in [6.45, 7) is 3.19. The van der Waals surface area contributed by atoms with Gasteiger partial charge in [-0.2, -0.15) is 5.23 Å². The van der Waals surface area contributed by atoms with E-state index in [4.69, 9.17) is 9.94 Å². The van der Waals surface area contributed by atoms with E-state index in [1.54, 1.807) is 6.08 Å². The third kappa shape index (κ3) is 6.32. The van der Waals surface area contributed by atoms with Gasteiger partial charge in [0.15, 0.2) is 24.1 Å². The van der Waals surface area contributed by atoms with Crippen molar-refractivity contribution >= 4 is 35.1 Å². The molecule has 4 aliphatic carbocycles. The number of Topliss-reactive ketones (excluding diaryl/α,β-unsaturated/α-hetero) is 1. The Bertz CT molecular complexity index is 1510. The summed E-state index contributed by atoms with van der Waals surface area (Å²) < 4.78 is 5.14. The first-order valence-corrected chi connectivity index (χ1v) is 16.4. The molecule has 0 spiro atoms. The number of amides is 1. The number of rotatable bonds is 11. The molecule has 1 aromatic carbocycles. The molecular weight excluding hydrogens is 628 g/mol. The fraction of sp³-hybridized carbons (Fsp3) is 0.618. The minimum absolute atomic E-state index is 0.0475. The number of hydrogen-bond acceptors (Lipinski definition) is 11. The molecule has 262 valence electrons. The van der Waals surface area contributed by atoms with E-state index >= 15 is 0 Å². The number of benzene rings is 1. The molecule has 7 N–H and O–H groups in total. The standard InChI is InChI=1S/C34H44N2O12/c1-32-12-10-21(37)15-19(32)6-7-22-23-11-13-34(45,33(23,2)16-24(38)28(22)32)25(39)17-48-27(41)9-8-26(40)35-29(31(43)44)30(42)18-4-3-5-20(14-18)36(46)47/h3-5,14-15,22-24,28-30,36,38,42,45-46H,6-13,16-17H2,1-2H3,(H,35,40)(H,43,44)/t22-,23+,24+,28-,29-,30-,32+,33-,34+/m1/s1. The Kier molecular flexibility index (Phi) is 9.99. The van der Waals surface area contributed by atoms with Gasteiger partial charge in [-0.1, -0.05) is 31.6 Å². The number of carbonyl (C=O) groups excluding carboxylic acids is 4. The Morgan fingerprint density at radius 2 is 1.85 bits per heavy atom. The van der Waals surface area contributed by atoms with Crippen molar-refractivity contribution in [1.29, 1.82) is 0 Å². The lowest BCUT2D eigenvalue weighted by Crippen LogP contribution is -2.99. The Morgan fingerprint density at radius 3 is 2.54 bits per heavy atom. The largest absolute Gasteiger partial charge is 0.595 e. The van der Waals surface area contributed by atoms with Crippen molar-refractivity contribution in [3.8, 4) is 0 Å². The first-order valence-electron chi connectivity index (χ1n) is 16.4. The second-order valence-corrected chi connectivity index (χ2v) is 14.3. The van der Waals surface area contributed by atoms with Gasteiger partial charge in [-0.3, -0.25) is 19.2 Å². The van der Waals surface area contributed by atoms with E-state index < -0.39 is 77.6 Å². The van der Waals surface area contributed by atoms with Gasteiger partial charge >= 0.3 is 11.9 Å². The smallest absolute Gasteiger partial charge is 0.329 e. The highest BCUT2D eigenvalue weighted by Gasteiger charge is 2.68. The molecule has 0 bridgehead atoms. The van der Waals surface area contributed by atoms with Crippen LogP contribution in [-0.4, -0.2) is 79.4 Å². The van der Waals surface area contributed by atoms with Crippen LogP contribution >= 0.6 is 0 Å². The molecule has 1 aromatic rings. The zero-order chi connectivity index (χ0) is 35.2. The molecule has 3 fully saturated rings. The molecule has 14 nitrogen and oxygen atoms in total. The molecule has 14 heteroatoms. The van der Waals surface area contributed by atoms with E-state index in [-0.39, 0.29) is 53.0 Å². The minimum Gasteiger partial charge on any atom is -0.595 e. The van der Waals surface area contributed by atoms with Crippen molar-refractivity contribution in [2.75, 3.05) is 6.61 Å². The molecule has 0 radical (unpaired) electrons. The van der Waals surface area contributed by atoms with Gasteiger partial charge < -0.3 is 35.7 Å². The maximum Gasteiger partial charge on any atom is 0.329 e. The number of fused-ring (bicyclic) bond motifs is 5. The van der Waals surface area contributed by atoms with Crippen LogP contribution in [0.1, 0.15) is 83.3 Å². The Labute approximate surface area is 277 Å². The Hall–Kier alpha value is -3.53. The highest BCUT2D eigenvalue weighted by molar-refractivity contribution is 5.92. The SMILES string of the molecule is C[C@]12CCC(=O)C=C1CC[C@H]1[C@@H]2[C@@H](O)C[C@]2(C)[C@H]1CC[C@]2(O)C(=O)COC(=O)CCC(=O)N[C@@H](C(=O)O)[C@H](O)c1cccc([NH+]([O-])O)c1. The summed E-state index contributed by atoms with van der Waals surface area (Å²) in [5.74, 6) is -4.12. The van der Waals surface area contributed by atoms with E-state index in [1.165, 1.54) is 18.2 Å². The number of carbonyl (C=O) groups is 5. The topological polar surface area (TPSA) is 235 Å². The summed E-state index contributed by atoms with van der Waals surface area (Å²) in [7, 11) is 0. The van der Waals surface area contributed by atoms with Gasteiger partial charge in [-0.15, -0.1) is 0 Å². The summed E-state index contributed by atoms with van der Waals surface area (Å²) in [6, 6.07) is 3.12. The molecule has 1 unspecified atom stereocenters. The van der Waals surface area contributed by atoms with Crippen molar-refractivity contribution in [2.24, 2.45) is 28.6 Å². The number of aliphatic hydroxyl groups is 3. The van der Waals surface area contributed by atoms with E-state index in [0.29, 0.717) is 19.3 Å². The number of ketones is 2. The van der Waals surface area contributed by atoms with Crippen molar-refractivity contribution in [1.82, 2.24) is 5.32 Å². The van der Waals surface area contributed by atoms with Crippen molar-refractivity contribution in [2.45, 2.75) is 95.5 Å². The first-order chi connectivity index (χ1) is 22.5. The van der Waals surface area contributed by atoms with Crippen LogP contribution in [0.4, 0.5) is 5.69 Å². The van der Waals surface area contributed by atoms with Crippen LogP contribution in [0.3, 0.4) is 0 Å². The molecule has 5 rings (SSSR count). The zero-order valence-electron chi connectivity index (χ0n) is 27.0. The quantitative estimate of drug-likeness (QED) is 0.128. The van der Waals surface area contributed by atoms with Gasteiger partial charge in [-0.05, 0) is 73.3 Å². The summed E-state index contributed by atoms with van der Waals surface area (Å²) in [5, 5.41) is 64.7.